The summed E-state index contributed by atoms with van der Waals surface area (Å²) in [6, 6.07) is 9.05. The molecular weight excluding hydrogens is 236 g/mol. The molecule has 0 aromatic heterocycles. The second-order valence-electron chi connectivity index (χ2n) is 5.29. The average molecular weight is 260 g/mol. The van der Waals surface area contributed by atoms with Crippen molar-refractivity contribution in [2.75, 3.05) is 13.1 Å². The first-order valence-electron chi connectivity index (χ1n) is 7.36. The predicted octanol–water partition coefficient (Wildman–Crippen LogP) is 2.05. The molecule has 0 radical (unpaired) electrons. The lowest BCUT2D eigenvalue weighted by Crippen LogP contribution is -2.41. The monoisotopic (exact) mass is 260 g/mol. The molecule has 3 nitrogen and oxygen atoms in total. The number of nitrogens with one attached hydrogen (secondary N) is 2. The Morgan fingerprint density at radius 2 is 2.11 bits per heavy atom. The Bertz CT molecular complexity index is 417. The summed E-state index contributed by atoms with van der Waals surface area (Å²) in [6.45, 7) is 3.37. The molecule has 0 spiro atoms. The first-order valence-corrected chi connectivity index (χ1v) is 7.36. The summed E-state index contributed by atoms with van der Waals surface area (Å²) in [7, 11) is 0. The van der Waals surface area contributed by atoms with Crippen molar-refractivity contribution in [1.29, 1.82) is 0 Å². The lowest BCUT2D eigenvalue weighted by atomic mass is 9.88. The van der Waals surface area contributed by atoms with E-state index in [1.54, 1.807) is 0 Å². The maximum absolute atomic E-state index is 11.6. The Hall–Kier alpha value is -1.35. The SMILES string of the molecule is CCCCNC(=O)CNC1CCc2ccccc2C1. The van der Waals surface area contributed by atoms with Crippen LogP contribution in [0.1, 0.15) is 37.3 Å². The van der Waals surface area contributed by atoms with Gasteiger partial charge in [-0.15, -0.1) is 0 Å². The summed E-state index contributed by atoms with van der Waals surface area (Å²) in [5, 5.41) is 6.32. The van der Waals surface area contributed by atoms with Crippen LogP contribution >= 0.6 is 0 Å². The van der Waals surface area contributed by atoms with Crippen LogP contribution < -0.4 is 10.6 Å². The fourth-order valence-corrected chi connectivity index (χ4v) is 2.58. The predicted molar refractivity (Wildman–Crippen MR) is 78.2 cm³/mol. The highest BCUT2D eigenvalue weighted by molar-refractivity contribution is 5.77. The molecule has 0 saturated heterocycles. The van der Waals surface area contributed by atoms with Crippen LogP contribution in [0.25, 0.3) is 0 Å². The fraction of sp³-hybridized carbons (Fsp3) is 0.562. The van der Waals surface area contributed by atoms with E-state index in [9.17, 15) is 4.79 Å². The van der Waals surface area contributed by atoms with Crippen LogP contribution in [0, 0.1) is 0 Å². The molecule has 1 unspecified atom stereocenters. The number of benzene rings is 1. The van der Waals surface area contributed by atoms with Gasteiger partial charge < -0.3 is 10.6 Å². The minimum Gasteiger partial charge on any atom is -0.355 e. The first kappa shape index (κ1) is 14.1. The Labute approximate surface area is 115 Å². The van der Waals surface area contributed by atoms with E-state index >= 15 is 0 Å². The number of hydrogen-bond donors (Lipinski definition) is 2. The van der Waals surface area contributed by atoms with E-state index in [-0.39, 0.29) is 5.91 Å². The number of unbranched alkanes of at least 4 members (excludes halogenated alkanes) is 1. The fourth-order valence-electron chi connectivity index (χ4n) is 2.58. The highest BCUT2D eigenvalue weighted by atomic mass is 16.1. The van der Waals surface area contributed by atoms with E-state index in [2.05, 4.69) is 41.8 Å². The molecule has 0 heterocycles. The lowest BCUT2D eigenvalue weighted by molar-refractivity contribution is -0.120. The van der Waals surface area contributed by atoms with Gasteiger partial charge in [-0.05, 0) is 36.8 Å². The van der Waals surface area contributed by atoms with Gasteiger partial charge in [0, 0.05) is 12.6 Å². The van der Waals surface area contributed by atoms with Crippen LogP contribution in [0.4, 0.5) is 0 Å². The molecule has 0 saturated carbocycles. The number of carbonyl (C=O) groups is 1. The third-order valence-corrected chi connectivity index (χ3v) is 3.75. The molecule has 2 N–H and O–H groups in total. The third kappa shape index (κ3) is 4.35. The summed E-state index contributed by atoms with van der Waals surface area (Å²) in [6.07, 6.45) is 5.46. The molecular formula is C16H24N2O. The van der Waals surface area contributed by atoms with E-state index in [1.165, 1.54) is 11.1 Å². The van der Waals surface area contributed by atoms with Gasteiger partial charge in [0.05, 0.1) is 6.54 Å². The Morgan fingerprint density at radius 3 is 2.89 bits per heavy atom. The van der Waals surface area contributed by atoms with Gasteiger partial charge in [-0.1, -0.05) is 37.6 Å². The van der Waals surface area contributed by atoms with Crippen molar-refractivity contribution in [2.45, 2.75) is 45.1 Å². The van der Waals surface area contributed by atoms with Gasteiger partial charge in [0.25, 0.3) is 0 Å². The molecule has 3 heteroatoms. The summed E-state index contributed by atoms with van der Waals surface area (Å²) in [5.74, 6) is 0.118. The van der Waals surface area contributed by atoms with E-state index in [1.807, 2.05) is 0 Å². The summed E-state index contributed by atoms with van der Waals surface area (Å²) < 4.78 is 0. The molecule has 1 atom stereocenters. The van der Waals surface area contributed by atoms with Crippen molar-refractivity contribution in [3.8, 4) is 0 Å². The van der Waals surface area contributed by atoms with Gasteiger partial charge in [0.15, 0.2) is 0 Å². The van der Waals surface area contributed by atoms with Gasteiger partial charge in [0.1, 0.15) is 0 Å². The number of aryl methyl sites for hydroxylation is 1. The molecule has 0 bridgehead atoms. The van der Waals surface area contributed by atoms with Crippen LogP contribution in [-0.2, 0) is 17.6 Å². The summed E-state index contributed by atoms with van der Waals surface area (Å²) in [4.78, 5) is 11.6. The van der Waals surface area contributed by atoms with Gasteiger partial charge in [-0.2, -0.15) is 0 Å². The minimum absolute atomic E-state index is 0.118. The molecule has 1 aliphatic rings. The topological polar surface area (TPSA) is 41.1 Å². The smallest absolute Gasteiger partial charge is 0.233 e. The van der Waals surface area contributed by atoms with Crippen LogP contribution in [-0.4, -0.2) is 25.0 Å². The number of rotatable bonds is 6. The van der Waals surface area contributed by atoms with E-state index < -0.39 is 0 Å². The average Bonchev–Trinajstić information content (AvgIpc) is 2.45. The lowest BCUT2D eigenvalue weighted by Gasteiger charge is -2.25. The molecule has 1 aromatic carbocycles. The number of carbonyl (C=O) groups excluding carboxylic acids is 1. The van der Waals surface area contributed by atoms with Crippen LogP contribution in [0.15, 0.2) is 24.3 Å². The largest absolute Gasteiger partial charge is 0.355 e. The van der Waals surface area contributed by atoms with Crippen LogP contribution in [0.2, 0.25) is 0 Å². The van der Waals surface area contributed by atoms with E-state index in [4.69, 9.17) is 0 Å². The third-order valence-electron chi connectivity index (χ3n) is 3.75. The number of fused-ring (bicyclic) bond motifs is 1. The Balaban J connectivity index is 1.72. The minimum atomic E-state index is 0.118. The quantitative estimate of drug-likeness (QED) is 0.769. The van der Waals surface area contributed by atoms with Gasteiger partial charge in [0.2, 0.25) is 5.91 Å². The maximum Gasteiger partial charge on any atom is 0.233 e. The van der Waals surface area contributed by atoms with Gasteiger partial charge in [-0.3, -0.25) is 4.79 Å². The summed E-state index contributed by atoms with van der Waals surface area (Å²) >= 11 is 0. The molecule has 0 fully saturated rings. The molecule has 1 aromatic rings. The molecule has 104 valence electrons. The van der Waals surface area contributed by atoms with Crippen molar-refractivity contribution in [1.82, 2.24) is 10.6 Å². The normalized spacial score (nSPS) is 17.8. The highest BCUT2D eigenvalue weighted by Crippen LogP contribution is 2.20. The molecule has 1 amide bonds. The Kier molecular flexibility index (Phi) is 5.40. The van der Waals surface area contributed by atoms with Crippen molar-refractivity contribution < 1.29 is 4.79 Å². The van der Waals surface area contributed by atoms with Crippen molar-refractivity contribution in [2.24, 2.45) is 0 Å². The van der Waals surface area contributed by atoms with E-state index in [0.29, 0.717) is 12.6 Å². The second-order valence-corrected chi connectivity index (χ2v) is 5.29. The molecule has 2 rings (SSSR count). The summed E-state index contributed by atoms with van der Waals surface area (Å²) in [5.41, 5.74) is 2.89. The zero-order valence-corrected chi connectivity index (χ0v) is 11.7. The molecule has 19 heavy (non-hydrogen) atoms. The van der Waals surface area contributed by atoms with Gasteiger partial charge >= 0.3 is 0 Å². The molecule has 1 aliphatic carbocycles. The van der Waals surface area contributed by atoms with E-state index in [0.717, 1.165) is 38.6 Å². The zero-order valence-electron chi connectivity index (χ0n) is 11.7. The van der Waals surface area contributed by atoms with Crippen LogP contribution in [0.5, 0.6) is 0 Å². The van der Waals surface area contributed by atoms with Gasteiger partial charge in [-0.25, -0.2) is 0 Å². The highest BCUT2D eigenvalue weighted by Gasteiger charge is 2.18. The second kappa shape index (κ2) is 7.29. The van der Waals surface area contributed by atoms with Crippen molar-refractivity contribution in [3.05, 3.63) is 35.4 Å². The van der Waals surface area contributed by atoms with Crippen molar-refractivity contribution >= 4 is 5.91 Å². The first-order chi connectivity index (χ1) is 9.29. The zero-order chi connectivity index (χ0) is 13.5. The molecule has 0 aliphatic heterocycles. The van der Waals surface area contributed by atoms with Crippen molar-refractivity contribution in [3.63, 3.8) is 0 Å². The van der Waals surface area contributed by atoms with Crippen LogP contribution in [0.3, 0.4) is 0 Å². The number of amides is 1. The number of hydrogen-bond acceptors (Lipinski definition) is 2. The maximum atomic E-state index is 11.6. The standard InChI is InChI=1S/C16H24N2O/c1-2-3-10-17-16(19)12-18-15-9-8-13-6-4-5-7-14(13)11-15/h4-7,15,18H,2-3,8-12H2,1H3,(H,17,19). The Morgan fingerprint density at radius 1 is 1.32 bits per heavy atom.